The van der Waals surface area contributed by atoms with E-state index in [1.807, 2.05) is 0 Å². The molecule has 1 aliphatic heterocycles. The van der Waals surface area contributed by atoms with Crippen molar-refractivity contribution in [3.05, 3.63) is 35.9 Å². The van der Waals surface area contributed by atoms with Gasteiger partial charge >= 0.3 is 0 Å². The Kier molecular flexibility index (Phi) is 6.92. The first-order chi connectivity index (χ1) is 12.8. The Morgan fingerprint density at radius 2 is 1.92 bits per heavy atom. The van der Waals surface area contributed by atoms with Crippen molar-refractivity contribution in [2.24, 2.45) is 4.99 Å². The van der Waals surface area contributed by atoms with Gasteiger partial charge in [-0.05, 0) is 31.7 Å². The number of carbonyl (C=O) groups is 1. The average molecular weight is 357 g/mol. The van der Waals surface area contributed by atoms with Crippen molar-refractivity contribution in [3.8, 4) is 0 Å². The average Bonchev–Trinajstić information content (AvgIpc) is 3.17. The van der Waals surface area contributed by atoms with Gasteiger partial charge in [-0.2, -0.15) is 0 Å². The summed E-state index contributed by atoms with van der Waals surface area (Å²) in [5.41, 5.74) is 1.39. The molecule has 3 rings (SSSR count). The maximum Gasteiger partial charge on any atom is 0.242 e. The molecule has 0 bridgehead atoms. The molecular formula is C21H32N4O. The Morgan fingerprint density at radius 1 is 1.15 bits per heavy atom. The van der Waals surface area contributed by atoms with Gasteiger partial charge in [0.05, 0.1) is 0 Å². The van der Waals surface area contributed by atoms with Gasteiger partial charge < -0.3 is 15.5 Å². The van der Waals surface area contributed by atoms with Gasteiger partial charge in [-0.3, -0.25) is 4.79 Å². The van der Waals surface area contributed by atoms with Gasteiger partial charge in [0.25, 0.3) is 0 Å². The summed E-state index contributed by atoms with van der Waals surface area (Å²) in [5, 5.41) is 6.50. The molecule has 0 spiro atoms. The number of amides is 1. The molecule has 1 saturated heterocycles. The van der Waals surface area contributed by atoms with E-state index in [1.54, 1.807) is 0 Å². The van der Waals surface area contributed by atoms with E-state index in [1.165, 1.54) is 24.8 Å². The zero-order valence-electron chi connectivity index (χ0n) is 15.9. The van der Waals surface area contributed by atoms with Crippen LogP contribution in [-0.4, -0.2) is 49.0 Å². The lowest BCUT2D eigenvalue weighted by Gasteiger charge is -2.23. The minimum Gasteiger partial charge on any atom is -0.357 e. The quantitative estimate of drug-likeness (QED) is 0.630. The molecule has 2 fully saturated rings. The highest BCUT2D eigenvalue weighted by Gasteiger charge is 2.26. The number of nitrogens with one attached hydrogen (secondary N) is 2. The van der Waals surface area contributed by atoms with E-state index in [9.17, 15) is 4.79 Å². The van der Waals surface area contributed by atoms with Gasteiger partial charge in [0.2, 0.25) is 5.91 Å². The molecule has 0 aromatic heterocycles. The van der Waals surface area contributed by atoms with Crippen molar-refractivity contribution in [2.45, 2.75) is 57.4 Å². The van der Waals surface area contributed by atoms with Crippen LogP contribution in [0.3, 0.4) is 0 Å². The summed E-state index contributed by atoms with van der Waals surface area (Å²) in [6, 6.07) is 11.0. The molecule has 1 amide bonds. The van der Waals surface area contributed by atoms with Crippen LogP contribution in [0.4, 0.5) is 0 Å². The summed E-state index contributed by atoms with van der Waals surface area (Å²) in [6.07, 6.45) is 7.10. The van der Waals surface area contributed by atoms with E-state index in [0.717, 1.165) is 44.9 Å². The fraction of sp³-hybridized carbons (Fsp3) is 0.619. The Bertz CT molecular complexity index is 595. The Hall–Kier alpha value is -2.04. The highest BCUT2D eigenvalue weighted by molar-refractivity contribution is 5.85. The van der Waals surface area contributed by atoms with Crippen LogP contribution in [0.5, 0.6) is 0 Å². The van der Waals surface area contributed by atoms with E-state index >= 15 is 0 Å². The van der Waals surface area contributed by atoms with Crippen LogP contribution in [0.25, 0.3) is 0 Å². The molecule has 1 aliphatic carbocycles. The fourth-order valence-corrected chi connectivity index (χ4v) is 4.04. The van der Waals surface area contributed by atoms with Crippen LogP contribution in [0.15, 0.2) is 35.3 Å². The monoisotopic (exact) mass is 356 g/mol. The molecule has 0 radical (unpaired) electrons. The van der Waals surface area contributed by atoms with Gasteiger partial charge in [-0.25, -0.2) is 4.99 Å². The molecule has 1 heterocycles. The first-order valence-corrected chi connectivity index (χ1v) is 10.1. The molecule has 26 heavy (non-hydrogen) atoms. The fourth-order valence-electron chi connectivity index (χ4n) is 4.04. The lowest BCUT2D eigenvalue weighted by atomic mass is 9.95. The van der Waals surface area contributed by atoms with Crippen molar-refractivity contribution in [2.75, 3.05) is 26.2 Å². The van der Waals surface area contributed by atoms with Crippen LogP contribution < -0.4 is 10.6 Å². The standard InChI is InChI=1S/C21H32N4O/c1-2-22-21(23-15-20(26)24-19-11-7-4-8-12-19)25-14-13-18(16-25)17-9-5-3-6-10-17/h3,5-6,9-10,18-19H,2,4,7-8,11-16H2,1H3,(H,22,23)(H,24,26). The van der Waals surface area contributed by atoms with Crippen LogP contribution in [-0.2, 0) is 4.79 Å². The van der Waals surface area contributed by atoms with Gasteiger partial charge in [0.15, 0.2) is 5.96 Å². The predicted molar refractivity (Wildman–Crippen MR) is 106 cm³/mol. The largest absolute Gasteiger partial charge is 0.357 e. The third-order valence-electron chi connectivity index (χ3n) is 5.44. The molecule has 142 valence electrons. The normalized spacial score (nSPS) is 21.7. The molecular weight excluding hydrogens is 324 g/mol. The number of rotatable bonds is 5. The summed E-state index contributed by atoms with van der Waals surface area (Å²) in [7, 11) is 0. The first-order valence-electron chi connectivity index (χ1n) is 10.1. The van der Waals surface area contributed by atoms with E-state index in [0.29, 0.717) is 12.0 Å². The third kappa shape index (κ3) is 5.23. The molecule has 2 aliphatic rings. The molecule has 1 atom stereocenters. The number of likely N-dealkylation sites (tertiary alicyclic amines) is 1. The van der Waals surface area contributed by atoms with Crippen LogP contribution in [0, 0.1) is 0 Å². The molecule has 1 saturated carbocycles. The van der Waals surface area contributed by atoms with E-state index in [4.69, 9.17) is 0 Å². The lowest BCUT2D eigenvalue weighted by molar-refractivity contribution is -0.120. The predicted octanol–water partition coefficient (Wildman–Crippen LogP) is 2.89. The third-order valence-corrected chi connectivity index (χ3v) is 5.44. The Morgan fingerprint density at radius 3 is 2.65 bits per heavy atom. The zero-order valence-corrected chi connectivity index (χ0v) is 15.9. The molecule has 1 aromatic rings. The molecule has 5 heteroatoms. The van der Waals surface area contributed by atoms with Crippen LogP contribution in [0.2, 0.25) is 0 Å². The number of aliphatic imine (C=N–C) groups is 1. The molecule has 1 unspecified atom stereocenters. The van der Waals surface area contributed by atoms with Crippen molar-refractivity contribution in [1.82, 2.24) is 15.5 Å². The number of hydrogen-bond donors (Lipinski definition) is 2. The smallest absolute Gasteiger partial charge is 0.242 e. The van der Waals surface area contributed by atoms with Gasteiger partial charge in [0.1, 0.15) is 6.54 Å². The number of guanidine groups is 1. The summed E-state index contributed by atoms with van der Waals surface area (Å²) in [4.78, 5) is 19.2. The minimum absolute atomic E-state index is 0.0473. The Balaban J connectivity index is 1.54. The molecule has 1 aromatic carbocycles. The zero-order chi connectivity index (χ0) is 18.2. The summed E-state index contributed by atoms with van der Waals surface area (Å²) < 4.78 is 0. The molecule has 5 nitrogen and oxygen atoms in total. The second kappa shape index (κ2) is 9.60. The van der Waals surface area contributed by atoms with Gasteiger partial charge in [-0.15, -0.1) is 0 Å². The first kappa shape index (κ1) is 18.7. The second-order valence-electron chi connectivity index (χ2n) is 7.41. The van der Waals surface area contributed by atoms with Gasteiger partial charge in [-0.1, -0.05) is 49.6 Å². The van der Waals surface area contributed by atoms with Crippen molar-refractivity contribution >= 4 is 11.9 Å². The van der Waals surface area contributed by atoms with Crippen molar-refractivity contribution in [1.29, 1.82) is 0 Å². The summed E-state index contributed by atoms with van der Waals surface area (Å²) in [5.74, 6) is 1.45. The highest BCUT2D eigenvalue weighted by atomic mass is 16.1. The number of hydrogen-bond acceptors (Lipinski definition) is 2. The lowest BCUT2D eigenvalue weighted by Crippen LogP contribution is -2.42. The van der Waals surface area contributed by atoms with Crippen molar-refractivity contribution < 1.29 is 4.79 Å². The van der Waals surface area contributed by atoms with E-state index in [-0.39, 0.29) is 12.5 Å². The van der Waals surface area contributed by atoms with Crippen LogP contribution in [0.1, 0.15) is 56.9 Å². The second-order valence-corrected chi connectivity index (χ2v) is 7.41. The summed E-state index contributed by atoms with van der Waals surface area (Å²) in [6.45, 7) is 5.04. The van der Waals surface area contributed by atoms with Crippen molar-refractivity contribution in [3.63, 3.8) is 0 Å². The summed E-state index contributed by atoms with van der Waals surface area (Å²) >= 11 is 0. The number of benzene rings is 1. The maximum atomic E-state index is 12.3. The minimum atomic E-state index is 0.0473. The van der Waals surface area contributed by atoms with Gasteiger partial charge in [0, 0.05) is 31.6 Å². The SMILES string of the molecule is CCNC(=NCC(=O)NC1CCCCC1)N1CCC(c2ccccc2)C1. The van der Waals surface area contributed by atoms with E-state index < -0.39 is 0 Å². The number of nitrogens with zero attached hydrogens (tertiary/aromatic N) is 2. The number of carbonyl (C=O) groups excluding carboxylic acids is 1. The highest BCUT2D eigenvalue weighted by Crippen LogP contribution is 2.26. The maximum absolute atomic E-state index is 12.3. The molecule has 2 N–H and O–H groups in total. The Labute approximate surface area is 157 Å². The van der Waals surface area contributed by atoms with Crippen LogP contribution >= 0.6 is 0 Å². The van der Waals surface area contributed by atoms with E-state index in [2.05, 4.69) is 57.8 Å². The topological polar surface area (TPSA) is 56.7 Å².